The third-order valence-corrected chi connectivity index (χ3v) is 3.02. The Bertz CT molecular complexity index is 523. The van der Waals surface area contributed by atoms with Gasteiger partial charge in [0.25, 0.3) is 0 Å². The first-order valence-corrected chi connectivity index (χ1v) is 7.30. The lowest BCUT2D eigenvalue weighted by atomic mass is 9.84. The third-order valence-electron chi connectivity index (χ3n) is 2.72. The Kier molecular flexibility index (Phi) is 7.95. The Balaban J connectivity index is 0.000000401. The summed E-state index contributed by atoms with van der Waals surface area (Å²) < 4.78 is 0. The van der Waals surface area contributed by atoms with Crippen LogP contribution in [-0.2, 0) is 4.79 Å². The lowest BCUT2D eigenvalue weighted by molar-refractivity contribution is -0.138. The van der Waals surface area contributed by atoms with E-state index in [2.05, 4.69) is 20.8 Å². The Morgan fingerprint density at radius 2 is 1.86 bits per heavy atom. The molecule has 0 saturated heterocycles. The van der Waals surface area contributed by atoms with Crippen LogP contribution in [0.5, 0.6) is 5.75 Å². The summed E-state index contributed by atoms with van der Waals surface area (Å²) in [4.78, 5) is 20.8. The van der Waals surface area contributed by atoms with Crippen LogP contribution in [0.1, 0.15) is 50.9 Å². The number of hydrogen-bond acceptors (Lipinski definition) is 3. The van der Waals surface area contributed by atoms with Gasteiger partial charge in [0.15, 0.2) is 0 Å². The van der Waals surface area contributed by atoms with Gasteiger partial charge in [0.05, 0.1) is 5.02 Å². The summed E-state index contributed by atoms with van der Waals surface area (Å²) >= 11 is 5.50. The molecule has 1 unspecified atom stereocenters. The van der Waals surface area contributed by atoms with E-state index < -0.39 is 11.9 Å². The zero-order valence-corrected chi connectivity index (χ0v) is 14.1. The molecule has 1 amide bonds. The Labute approximate surface area is 136 Å². The molecule has 0 fully saturated rings. The molecule has 22 heavy (non-hydrogen) atoms. The van der Waals surface area contributed by atoms with Crippen molar-refractivity contribution in [1.29, 1.82) is 0 Å². The number of aliphatic carboxylic acids is 1. The van der Waals surface area contributed by atoms with Crippen LogP contribution in [0.25, 0.3) is 0 Å². The van der Waals surface area contributed by atoms with E-state index in [1.807, 2.05) is 6.92 Å². The van der Waals surface area contributed by atoms with E-state index in [-0.39, 0.29) is 34.1 Å². The van der Waals surface area contributed by atoms with Crippen LogP contribution < -0.4 is 5.73 Å². The molecule has 4 N–H and O–H groups in total. The smallest absolute Gasteiger partial charge is 0.303 e. The number of phenolic OH excluding ortho intramolecular Hbond substituents is 1. The first-order valence-electron chi connectivity index (χ1n) is 6.92. The van der Waals surface area contributed by atoms with E-state index in [1.54, 1.807) is 0 Å². The van der Waals surface area contributed by atoms with Crippen LogP contribution in [-0.4, -0.2) is 22.1 Å². The number of carboxylic acids is 1. The van der Waals surface area contributed by atoms with Gasteiger partial charge in [0.1, 0.15) is 5.75 Å². The highest BCUT2D eigenvalue weighted by molar-refractivity contribution is 6.32. The molecule has 0 bridgehead atoms. The molecule has 1 rings (SSSR count). The zero-order chi connectivity index (χ0) is 17.5. The molecule has 0 heterocycles. The summed E-state index contributed by atoms with van der Waals surface area (Å²) in [6, 6.07) is 4.05. The zero-order valence-electron chi connectivity index (χ0n) is 13.4. The van der Waals surface area contributed by atoms with Crippen molar-refractivity contribution < 1.29 is 19.8 Å². The minimum absolute atomic E-state index is 0.0586. The highest BCUT2D eigenvalue weighted by Crippen LogP contribution is 2.25. The van der Waals surface area contributed by atoms with Gasteiger partial charge < -0.3 is 15.9 Å². The number of nitrogens with two attached hydrogens (primary N) is 1. The van der Waals surface area contributed by atoms with Gasteiger partial charge in [-0.25, -0.2) is 0 Å². The van der Waals surface area contributed by atoms with Gasteiger partial charge in [-0.15, -0.1) is 0 Å². The number of carboxylic acid groups (broad SMARTS) is 1. The number of hydrogen-bond donors (Lipinski definition) is 3. The molecule has 6 heteroatoms. The summed E-state index contributed by atoms with van der Waals surface area (Å²) in [6.07, 6.45) is 1.26. The van der Waals surface area contributed by atoms with Crippen molar-refractivity contribution >= 4 is 23.5 Å². The maximum atomic E-state index is 10.5. The summed E-state index contributed by atoms with van der Waals surface area (Å²) in [6.45, 7) is 8.38. The highest BCUT2D eigenvalue weighted by atomic mass is 35.5. The molecule has 0 spiro atoms. The number of benzene rings is 1. The molecule has 124 valence electrons. The molecule has 1 aromatic carbocycles. The molecule has 0 aromatic heterocycles. The van der Waals surface area contributed by atoms with Gasteiger partial charge in [-0.3, -0.25) is 9.59 Å². The quantitative estimate of drug-likeness (QED) is 0.784. The second kappa shape index (κ2) is 8.63. The van der Waals surface area contributed by atoms with Crippen LogP contribution in [0.3, 0.4) is 0 Å². The summed E-state index contributed by atoms with van der Waals surface area (Å²) in [5.41, 5.74) is 5.48. The number of aromatic hydroxyl groups is 1. The summed E-state index contributed by atoms with van der Waals surface area (Å²) in [5.74, 6) is -1.03. The van der Waals surface area contributed by atoms with E-state index in [4.69, 9.17) is 27.5 Å². The number of amides is 1. The molecule has 0 saturated carbocycles. The van der Waals surface area contributed by atoms with Gasteiger partial charge >= 0.3 is 5.97 Å². The van der Waals surface area contributed by atoms with Crippen LogP contribution in [0.4, 0.5) is 0 Å². The SMILES string of the molecule is CC(CC(=O)O)CC(C)(C)C.NC(=O)c1ccc(O)c(Cl)c1. The molecular formula is C16H24ClNO4. The Morgan fingerprint density at radius 1 is 1.32 bits per heavy atom. The summed E-state index contributed by atoms with van der Waals surface area (Å²) in [7, 11) is 0. The number of rotatable bonds is 4. The number of halogens is 1. The lowest BCUT2D eigenvalue weighted by Crippen LogP contribution is -2.13. The van der Waals surface area contributed by atoms with E-state index in [1.165, 1.54) is 18.2 Å². The van der Waals surface area contributed by atoms with E-state index >= 15 is 0 Å². The normalized spacial score (nSPS) is 12.0. The molecule has 5 nitrogen and oxygen atoms in total. The van der Waals surface area contributed by atoms with Crippen LogP contribution >= 0.6 is 11.6 Å². The fourth-order valence-electron chi connectivity index (χ4n) is 2.08. The van der Waals surface area contributed by atoms with Crippen molar-refractivity contribution in [3.05, 3.63) is 28.8 Å². The monoisotopic (exact) mass is 329 g/mol. The van der Waals surface area contributed by atoms with Gasteiger partial charge in [-0.05, 0) is 36.0 Å². The number of phenols is 1. The van der Waals surface area contributed by atoms with Crippen molar-refractivity contribution in [3.63, 3.8) is 0 Å². The predicted molar refractivity (Wildman–Crippen MR) is 87.1 cm³/mol. The van der Waals surface area contributed by atoms with Crippen molar-refractivity contribution in [1.82, 2.24) is 0 Å². The summed E-state index contributed by atoms with van der Waals surface area (Å²) in [5, 5.41) is 17.5. The number of carbonyl (C=O) groups excluding carboxylic acids is 1. The standard InChI is InChI=1S/C9H18O2.C7H6ClNO2/c1-7(5-8(10)11)6-9(2,3)4;8-5-3-4(7(9)11)1-2-6(5)10/h7H,5-6H2,1-4H3,(H,10,11);1-3,10H,(H2,9,11). The fraction of sp³-hybridized carbons (Fsp3) is 0.500. The molecule has 0 aliphatic rings. The van der Waals surface area contributed by atoms with E-state index in [0.717, 1.165) is 6.42 Å². The Hall–Kier alpha value is -1.75. The van der Waals surface area contributed by atoms with E-state index in [0.29, 0.717) is 0 Å². The maximum Gasteiger partial charge on any atom is 0.303 e. The van der Waals surface area contributed by atoms with Crippen molar-refractivity contribution in [2.45, 2.75) is 40.5 Å². The molecule has 0 aliphatic heterocycles. The van der Waals surface area contributed by atoms with Gasteiger partial charge in [0.2, 0.25) is 5.91 Å². The van der Waals surface area contributed by atoms with Crippen molar-refractivity contribution in [2.24, 2.45) is 17.1 Å². The van der Waals surface area contributed by atoms with Gasteiger partial charge in [-0.2, -0.15) is 0 Å². The van der Waals surface area contributed by atoms with Crippen molar-refractivity contribution in [2.75, 3.05) is 0 Å². The van der Waals surface area contributed by atoms with Crippen LogP contribution in [0, 0.1) is 11.3 Å². The number of primary amides is 1. The highest BCUT2D eigenvalue weighted by Gasteiger charge is 2.16. The Morgan fingerprint density at radius 3 is 2.23 bits per heavy atom. The van der Waals surface area contributed by atoms with Crippen LogP contribution in [0.15, 0.2) is 18.2 Å². The van der Waals surface area contributed by atoms with Crippen molar-refractivity contribution in [3.8, 4) is 5.75 Å². The molecule has 1 atom stereocenters. The first-order chi connectivity index (χ1) is 9.92. The minimum Gasteiger partial charge on any atom is -0.506 e. The average molecular weight is 330 g/mol. The second-order valence-corrected chi connectivity index (χ2v) is 6.91. The third kappa shape index (κ3) is 9.23. The first kappa shape index (κ1) is 20.2. The molecule has 1 aromatic rings. The maximum absolute atomic E-state index is 10.5. The predicted octanol–water partition coefficient (Wildman–Crippen LogP) is 3.68. The molecule has 0 radical (unpaired) electrons. The van der Waals surface area contributed by atoms with Gasteiger partial charge in [-0.1, -0.05) is 39.3 Å². The molecular weight excluding hydrogens is 306 g/mol. The largest absolute Gasteiger partial charge is 0.506 e. The second-order valence-electron chi connectivity index (χ2n) is 6.50. The topological polar surface area (TPSA) is 101 Å². The van der Waals surface area contributed by atoms with Crippen LogP contribution in [0.2, 0.25) is 5.02 Å². The lowest BCUT2D eigenvalue weighted by Gasteiger charge is -2.21. The number of carbonyl (C=O) groups is 2. The fourth-order valence-corrected chi connectivity index (χ4v) is 2.26. The van der Waals surface area contributed by atoms with Gasteiger partial charge in [0, 0.05) is 12.0 Å². The molecule has 0 aliphatic carbocycles. The van der Waals surface area contributed by atoms with E-state index in [9.17, 15) is 9.59 Å². The minimum atomic E-state index is -0.693. The average Bonchev–Trinajstić information content (AvgIpc) is 2.29.